The number of hydrogen-bond acceptors (Lipinski definition) is 3. The van der Waals surface area contributed by atoms with Gasteiger partial charge in [0.2, 0.25) is 0 Å². The van der Waals surface area contributed by atoms with Gasteiger partial charge in [-0.3, -0.25) is 0 Å². The summed E-state index contributed by atoms with van der Waals surface area (Å²) >= 11 is 6.20. The zero-order valence-electron chi connectivity index (χ0n) is 10.5. The Morgan fingerprint density at radius 1 is 1.40 bits per heavy atom. The van der Waals surface area contributed by atoms with Crippen molar-refractivity contribution in [3.63, 3.8) is 0 Å². The van der Waals surface area contributed by atoms with E-state index in [0.717, 1.165) is 25.1 Å². The van der Waals surface area contributed by atoms with Crippen LogP contribution in [0.15, 0.2) is 30.1 Å². The van der Waals surface area contributed by atoms with Gasteiger partial charge in [-0.1, -0.05) is 6.08 Å². The first-order chi connectivity index (χ1) is 9.70. The molecule has 0 bridgehead atoms. The lowest BCUT2D eigenvalue weighted by atomic mass is 10.1. The number of thiophene rings is 1. The molecule has 20 heavy (non-hydrogen) atoms. The van der Waals surface area contributed by atoms with E-state index in [9.17, 15) is 0 Å². The fourth-order valence-electron chi connectivity index (χ4n) is 2.51. The minimum Gasteiger partial charge on any atom is -0.313 e. The van der Waals surface area contributed by atoms with Crippen molar-refractivity contribution < 1.29 is 0 Å². The summed E-state index contributed by atoms with van der Waals surface area (Å²) in [4.78, 5) is 6.41. The SMILES string of the molecule is N#Cc1ccc(C(C2=CCCC2)n2cnc(I)c2I)s1. The van der Waals surface area contributed by atoms with Gasteiger partial charge < -0.3 is 4.57 Å². The molecule has 0 radical (unpaired) electrons. The molecule has 2 aromatic rings. The van der Waals surface area contributed by atoms with Crippen LogP contribution in [0.5, 0.6) is 0 Å². The molecule has 0 fully saturated rings. The zero-order valence-corrected chi connectivity index (χ0v) is 15.6. The average Bonchev–Trinajstić information content (AvgIpc) is 3.17. The molecule has 1 aliphatic carbocycles. The molecule has 0 amide bonds. The van der Waals surface area contributed by atoms with Crippen molar-refractivity contribution in [3.8, 4) is 6.07 Å². The van der Waals surface area contributed by atoms with Gasteiger partial charge >= 0.3 is 0 Å². The summed E-state index contributed by atoms with van der Waals surface area (Å²) in [6, 6.07) is 6.43. The second kappa shape index (κ2) is 6.15. The molecule has 3 rings (SSSR count). The van der Waals surface area contributed by atoms with Gasteiger partial charge in [0.05, 0.1) is 12.4 Å². The molecule has 0 N–H and O–H groups in total. The molecule has 0 saturated carbocycles. The normalized spacial score (nSPS) is 15.9. The fraction of sp³-hybridized carbons (Fsp3) is 0.286. The Balaban J connectivity index is 2.09. The number of rotatable bonds is 3. The number of halogens is 2. The van der Waals surface area contributed by atoms with Crippen molar-refractivity contribution in [2.24, 2.45) is 0 Å². The van der Waals surface area contributed by atoms with Crippen molar-refractivity contribution >= 4 is 56.5 Å². The monoisotopic (exact) mass is 507 g/mol. The minimum atomic E-state index is 0.201. The lowest BCUT2D eigenvalue weighted by Gasteiger charge is -2.20. The summed E-state index contributed by atoms with van der Waals surface area (Å²) in [5.41, 5.74) is 1.45. The number of nitriles is 1. The Kier molecular flexibility index (Phi) is 4.47. The average molecular weight is 507 g/mol. The summed E-state index contributed by atoms with van der Waals surface area (Å²) in [6.07, 6.45) is 7.78. The van der Waals surface area contributed by atoms with Crippen LogP contribution in [-0.2, 0) is 0 Å². The molecule has 6 heteroatoms. The maximum Gasteiger partial charge on any atom is 0.133 e. The van der Waals surface area contributed by atoms with E-state index >= 15 is 0 Å². The molecular weight excluding hydrogens is 496 g/mol. The van der Waals surface area contributed by atoms with Crippen LogP contribution < -0.4 is 0 Å². The number of aromatic nitrogens is 2. The topological polar surface area (TPSA) is 41.6 Å². The van der Waals surface area contributed by atoms with Gasteiger partial charge in [0, 0.05) is 4.88 Å². The highest BCUT2D eigenvalue weighted by Crippen LogP contribution is 2.38. The van der Waals surface area contributed by atoms with E-state index in [0.29, 0.717) is 0 Å². The predicted molar refractivity (Wildman–Crippen MR) is 96.8 cm³/mol. The highest BCUT2D eigenvalue weighted by atomic mass is 127. The van der Waals surface area contributed by atoms with Crippen LogP contribution in [0.3, 0.4) is 0 Å². The van der Waals surface area contributed by atoms with Gasteiger partial charge in [0.15, 0.2) is 0 Å². The van der Waals surface area contributed by atoms with E-state index in [1.165, 1.54) is 16.9 Å². The Morgan fingerprint density at radius 2 is 2.25 bits per heavy atom. The molecule has 102 valence electrons. The van der Waals surface area contributed by atoms with Gasteiger partial charge in [-0.2, -0.15) is 5.26 Å². The third kappa shape index (κ3) is 2.67. The quantitative estimate of drug-likeness (QED) is 0.446. The predicted octanol–water partition coefficient (Wildman–Crippen LogP) is 4.73. The first kappa shape index (κ1) is 14.5. The van der Waals surface area contributed by atoms with Gasteiger partial charge in [0.25, 0.3) is 0 Å². The number of allylic oxidation sites excluding steroid dienone is 2. The van der Waals surface area contributed by atoms with E-state index in [-0.39, 0.29) is 6.04 Å². The van der Waals surface area contributed by atoms with E-state index < -0.39 is 0 Å². The Hall–Kier alpha value is -0.400. The molecule has 0 saturated heterocycles. The highest BCUT2D eigenvalue weighted by molar-refractivity contribution is 14.1. The Labute approximate surface area is 149 Å². The number of nitrogens with zero attached hydrogens (tertiary/aromatic N) is 3. The summed E-state index contributed by atoms with van der Waals surface area (Å²) in [5, 5.41) is 9.05. The molecule has 2 heterocycles. The summed E-state index contributed by atoms with van der Waals surface area (Å²) in [7, 11) is 0. The third-order valence-electron chi connectivity index (χ3n) is 3.40. The van der Waals surface area contributed by atoms with E-state index in [1.807, 2.05) is 12.4 Å². The van der Waals surface area contributed by atoms with Crippen LogP contribution in [-0.4, -0.2) is 9.55 Å². The van der Waals surface area contributed by atoms with Crippen molar-refractivity contribution in [1.29, 1.82) is 5.26 Å². The van der Waals surface area contributed by atoms with Crippen molar-refractivity contribution in [1.82, 2.24) is 9.55 Å². The van der Waals surface area contributed by atoms with Crippen LogP contribution in [0.1, 0.15) is 35.1 Å². The molecule has 3 nitrogen and oxygen atoms in total. The first-order valence-electron chi connectivity index (χ1n) is 6.27. The standard InChI is InChI=1S/C14H11I2N3S/c15-13-14(16)19(8-18-13)12(9-3-1-2-4-9)11-6-5-10(7-17)20-11/h3,5-6,8,12H,1-2,4H2. The van der Waals surface area contributed by atoms with E-state index in [2.05, 4.69) is 72.9 Å². The second-order valence-corrected chi connectivity index (χ2v) is 7.78. The van der Waals surface area contributed by atoms with E-state index in [1.54, 1.807) is 11.3 Å². The highest BCUT2D eigenvalue weighted by Gasteiger charge is 2.25. The van der Waals surface area contributed by atoms with E-state index in [4.69, 9.17) is 5.26 Å². The van der Waals surface area contributed by atoms with Crippen LogP contribution in [0.2, 0.25) is 0 Å². The van der Waals surface area contributed by atoms with Gasteiger partial charge in [0.1, 0.15) is 18.3 Å². The lowest BCUT2D eigenvalue weighted by molar-refractivity contribution is 0.640. The van der Waals surface area contributed by atoms with Crippen LogP contribution in [0.4, 0.5) is 0 Å². The fourth-order valence-corrected chi connectivity index (χ4v) is 4.40. The second-order valence-electron chi connectivity index (χ2n) is 4.62. The molecule has 0 aromatic carbocycles. The molecule has 1 unspecified atom stereocenters. The zero-order chi connectivity index (χ0) is 14.1. The lowest BCUT2D eigenvalue weighted by Crippen LogP contribution is -2.12. The Bertz CT molecular complexity index is 708. The van der Waals surface area contributed by atoms with Gasteiger partial charge in [-0.25, -0.2) is 4.98 Å². The molecule has 2 aromatic heterocycles. The van der Waals surface area contributed by atoms with Crippen LogP contribution in [0, 0.1) is 18.7 Å². The molecular formula is C14H11I2N3S. The number of imidazole rings is 1. The minimum absolute atomic E-state index is 0.201. The number of hydrogen-bond donors (Lipinski definition) is 0. The Morgan fingerprint density at radius 3 is 2.80 bits per heavy atom. The third-order valence-corrected chi connectivity index (χ3v) is 7.34. The van der Waals surface area contributed by atoms with Gasteiger partial charge in [-0.15, -0.1) is 11.3 Å². The van der Waals surface area contributed by atoms with Crippen molar-refractivity contribution in [3.05, 3.63) is 47.3 Å². The molecule has 1 atom stereocenters. The maximum atomic E-state index is 9.05. The largest absolute Gasteiger partial charge is 0.313 e. The van der Waals surface area contributed by atoms with Crippen LogP contribution >= 0.6 is 56.5 Å². The van der Waals surface area contributed by atoms with Crippen molar-refractivity contribution in [2.45, 2.75) is 25.3 Å². The smallest absolute Gasteiger partial charge is 0.133 e. The molecule has 0 spiro atoms. The summed E-state index contributed by atoms with van der Waals surface area (Å²) in [5.74, 6) is 0. The molecule has 0 aliphatic heterocycles. The van der Waals surface area contributed by atoms with Gasteiger partial charge in [-0.05, 0) is 82.2 Å². The first-order valence-corrected chi connectivity index (χ1v) is 9.24. The maximum absolute atomic E-state index is 9.05. The summed E-state index contributed by atoms with van der Waals surface area (Å²) < 4.78 is 4.42. The summed E-state index contributed by atoms with van der Waals surface area (Å²) in [6.45, 7) is 0. The van der Waals surface area contributed by atoms with Crippen molar-refractivity contribution in [2.75, 3.05) is 0 Å². The van der Waals surface area contributed by atoms with Crippen LogP contribution in [0.25, 0.3) is 0 Å². The molecule has 1 aliphatic rings.